The van der Waals surface area contributed by atoms with E-state index >= 15 is 0 Å². The van der Waals surface area contributed by atoms with Crippen LogP contribution in [0.3, 0.4) is 0 Å². The molecule has 0 aliphatic heterocycles. The van der Waals surface area contributed by atoms with E-state index in [1.54, 1.807) is 11.3 Å². The number of ether oxygens (including phenoxy) is 1. The van der Waals surface area contributed by atoms with Crippen molar-refractivity contribution in [3.05, 3.63) is 46.4 Å². The van der Waals surface area contributed by atoms with Crippen molar-refractivity contribution in [1.82, 2.24) is 10.3 Å². The fraction of sp³-hybridized carbons (Fsp3) is 0.438. The van der Waals surface area contributed by atoms with E-state index in [9.17, 15) is 0 Å². The first-order valence-corrected chi connectivity index (χ1v) is 7.97. The van der Waals surface area contributed by atoms with Crippen molar-refractivity contribution in [2.75, 3.05) is 6.54 Å². The monoisotopic (exact) mass is 290 g/mol. The molecule has 1 N–H and O–H groups in total. The summed E-state index contributed by atoms with van der Waals surface area (Å²) in [6.45, 7) is 7.25. The summed E-state index contributed by atoms with van der Waals surface area (Å²) < 4.78 is 5.69. The first-order chi connectivity index (χ1) is 9.70. The fourth-order valence-electron chi connectivity index (χ4n) is 2.05. The van der Waals surface area contributed by atoms with Gasteiger partial charge in [-0.1, -0.05) is 19.1 Å². The number of aromatic nitrogens is 1. The van der Waals surface area contributed by atoms with Crippen LogP contribution >= 0.6 is 11.3 Å². The Bertz CT molecular complexity index is 494. The summed E-state index contributed by atoms with van der Waals surface area (Å²) in [6.07, 6.45) is 3.26. The van der Waals surface area contributed by atoms with E-state index in [1.807, 2.05) is 37.7 Å². The van der Waals surface area contributed by atoms with Gasteiger partial charge in [0, 0.05) is 11.1 Å². The van der Waals surface area contributed by atoms with Gasteiger partial charge in [0.15, 0.2) is 0 Å². The van der Waals surface area contributed by atoms with E-state index in [1.165, 1.54) is 10.4 Å². The second-order valence-corrected chi connectivity index (χ2v) is 5.94. The van der Waals surface area contributed by atoms with Crippen LogP contribution in [-0.2, 0) is 0 Å². The Morgan fingerprint density at radius 1 is 1.25 bits per heavy atom. The number of rotatable bonds is 7. The minimum absolute atomic E-state index is 0.205. The largest absolute Gasteiger partial charge is 0.491 e. The average Bonchev–Trinajstić information content (AvgIpc) is 2.94. The lowest BCUT2D eigenvalue weighted by Crippen LogP contribution is -2.22. The molecule has 0 saturated carbocycles. The molecule has 108 valence electrons. The smallest absolute Gasteiger partial charge is 0.119 e. The van der Waals surface area contributed by atoms with E-state index in [-0.39, 0.29) is 12.1 Å². The Balaban J connectivity index is 2.16. The number of benzene rings is 1. The van der Waals surface area contributed by atoms with Crippen LogP contribution in [0.2, 0.25) is 0 Å². The highest BCUT2D eigenvalue weighted by Gasteiger charge is 2.14. The summed E-state index contributed by atoms with van der Waals surface area (Å²) in [5, 5.41) is 3.58. The molecule has 1 heterocycles. The molecule has 1 aromatic heterocycles. The second-order valence-electron chi connectivity index (χ2n) is 5.03. The fourth-order valence-corrected chi connectivity index (χ4v) is 2.77. The minimum Gasteiger partial charge on any atom is -0.491 e. The molecule has 1 aromatic carbocycles. The Morgan fingerprint density at radius 2 is 2.00 bits per heavy atom. The van der Waals surface area contributed by atoms with Crippen LogP contribution in [-0.4, -0.2) is 17.6 Å². The number of nitrogens with zero attached hydrogens (tertiary/aromatic N) is 1. The molecule has 2 aromatic rings. The molecule has 0 radical (unpaired) electrons. The van der Waals surface area contributed by atoms with E-state index in [0.717, 1.165) is 18.7 Å². The molecule has 0 fully saturated rings. The minimum atomic E-state index is 0.205. The predicted molar refractivity (Wildman–Crippen MR) is 84.5 cm³/mol. The quantitative estimate of drug-likeness (QED) is 0.836. The molecule has 0 bridgehead atoms. The number of hydrogen-bond donors (Lipinski definition) is 1. The summed E-state index contributed by atoms with van der Waals surface area (Å²) >= 11 is 1.69. The van der Waals surface area contributed by atoms with Crippen molar-refractivity contribution in [3.63, 3.8) is 0 Å². The molecule has 0 aliphatic rings. The Hall–Kier alpha value is -1.39. The topological polar surface area (TPSA) is 34.1 Å². The van der Waals surface area contributed by atoms with Crippen molar-refractivity contribution in [2.24, 2.45) is 0 Å². The zero-order valence-electron chi connectivity index (χ0n) is 12.3. The molecule has 0 amide bonds. The molecule has 4 heteroatoms. The Morgan fingerprint density at radius 3 is 2.55 bits per heavy atom. The number of nitrogens with one attached hydrogen (secondary N) is 1. The molecule has 1 unspecified atom stereocenters. The van der Waals surface area contributed by atoms with Crippen LogP contribution in [0.15, 0.2) is 36.0 Å². The highest BCUT2D eigenvalue weighted by atomic mass is 32.1. The van der Waals surface area contributed by atoms with Crippen LogP contribution in [0, 0.1) is 0 Å². The first-order valence-electron chi connectivity index (χ1n) is 7.09. The van der Waals surface area contributed by atoms with Crippen LogP contribution in [0.5, 0.6) is 5.75 Å². The van der Waals surface area contributed by atoms with Crippen molar-refractivity contribution < 1.29 is 4.74 Å². The lowest BCUT2D eigenvalue weighted by Gasteiger charge is -2.18. The van der Waals surface area contributed by atoms with Crippen LogP contribution in [0.25, 0.3) is 0 Å². The maximum absolute atomic E-state index is 5.69. The van der Waals surface area contributed by atoms with Crippen LogP contribution < -0.4 is 10.1 Å². The van der Waals surface area contributed by atoms with E-state index in [0.29, 0.717) is 0 Å². The van der Waals surface area contributed by atoms with E-state index in [4.69, 9.17) is 4.74 Å². The van der Waals surface area contributed by atoms with Crippen LogP contribution in [0.4, 0.5) is 0 Å². The molecule has 0 saturated heterocycles. The number of hydrogen-bond acceptors (Lipinski definition) is 4. The third kappa shape index (κ3) is 4.05. The maximum Gasteiger partial charge on any atom is 0.119 e. The first kappa shape index (κ1) is 15.0. The van der Waals surface area contributed by atoms with Gasteiger partial charge < -0.3 is 10.1 Å². The molecule has 0 aliphatic carbocycles. The average molecular weight is 290 g/mol. The van der Waals surface area contributed by atoms with Crippen LogP contribution in [0.1, 0.15) is 43.7 Å². The van der Waals surface area contributed by atoms with Gasteiger partial charge in [0.25, 0.3) is 0 Å². The molecule has 0 spiro atoms. The van der Waals surface area contributed by atoms with Gasteiger partial charge in [-0.25, -0.2) is 0 Å². The van der Waals surface area contributed by atoms with Crippen molar-refractivity contribution >= 4 is 11.3 Å². The SMILES string of the molecule is CCCNC(c1ccc(OC(C)C)cc1)c1cncs1. The Labute approximate surface area is 125 Å². The van der Waals surface area contributed by atoms with Gasteiger partial charge in [-0.15, -0.1) is 11.3 Å². The third-order valence-electron chi connectivity index (χ3n) is 2.92. The second kappa shape index (κ2) is 7.41. The zero-order chi connectivity index (χ0) is 14.4. The third-order valence-corrected chi connectivity index (χ3v) is 3.76. The summed E-state index contributed by atoms with van der Waals surface area (Å²) in [7, 11) is 0. The standard InChI is InChI=1S/C16H22N2OS/c1-4-9-18-16(15-10-17-11-20-15)13-5-7-14(8-6-13)19-12(2)3/h5-8,10-12,16,18H,4,9H2,1-3H3. The van der Waals surface area contributed by atoms with Gasteiger partial charge in [-0.05, 0) is 44.5 Å². The molecular weight excluding hydrogens is 268 g/mol. The maximum atomic E-state index is 5.69. The highest BCUT2D eigenvalue weighted by molar-refractivity contribution is 7.09. The number of thiazole rings is 1. The highest BCUT2D eigenvalue weighted by Crippen LogP contribution is 2.26. The van der Waals surface area contributed by atoms with Crippen molar-refractivity contribution in [1.29, 1.82) is 0 Å². The molecule has 3 nitrogen and oxygen atoms in total. The predicted octanol–water partition coefficient (Wildman–Crippen LogP) is 4.02. The summed E-state index contributed by atoms with van der Waals surface area (Å²) in [5.41, 5.74) is 3.13. The molecule has 20 heavy (non-hydrogen) atoms. The summed E-state index contributed by atoms with van der Waals surface area (Å²) in [4.78, 5) is 5.43. The van der Waals surface area contributed by atoms with Crippen molar-refractivity contribution in [3.8, 4) is 5.75 Å². The van der Waals surface area contributed by atoms with Gasteiger partial charge in [-0.2, -0.15) is 0 Å². The molecular formula is C16H22N2OS. The van der Waals surface area contributed by atoms with E-state index in [2.05, 4.69) is 29.4 Å². The summed E-state index contributed by atoms with van der Waals surface area (Å²) in [5.74, 6) is 0.919. The van der Waals surface area contributed by atoms with Gasteiger partial charge in [0.1, 0.15) is 5.75 Å². The normalized spacial score (nSPS) is 12.6. The van der Waals surface area contributed by atoms with Crippen molar-refractivity contribution in [2.45, 2.75) is 39.3 Å². The molecule has 2 rings (SSSR count). The molecule has 1 atom stereocenters. The van der Waals surface area contributed by atoms with Gasteiger partial charge in [0.2, 0.25) is 0 Å². The lowest BCUT2D eigenvalue weighted by atomic mass is 10.1. The van der Waals surface area contributed by atoms with Gasteiger partial charge in [0.05, 0.1) is 17.7 Å². The Kier molecular flexibility index (Phi) is 5.56. The zero-order valence-corrected chi connectivity index (χ0v) is 13.1. The van der Waals surface area contributed by atoms with Gasteiger partial charge in [-0.3, -0.25) is 4.98 Å². The lowest BCUT2D eigenvalue weighted by molar-refractivity contribution is 0.242. The van der Waals surface area contributed by atoms with Gasteiger partial charge >= 0.3 is 0 Å². The summed E-state index contributed by atoms with van der Waals surface area (Å²) in [6, 6.07) is 8.55. The van der Waals surface area contributed by atoms with E-state index < -0.39 is 0 Å².